The molecule has 0 unspecified atom stereocenters. The lowest BCUT2D eigenvalue weighted by atomic mass is 10.0. The molecular weight excluding hydrogens is 536 g/mol. The fourth-order valence-electron chi connectivity index (χ4n) is 4.17. The second kappa shape index (κ2) is 13.5. The van der Waals surface area contributed by atoms with E-state index in [-0.39, 0.29) is 24.4 Å². The zero-order valence-corrected chi connectivity index (χ0v) is 22.8. The fraction of sp³-hybridized carbons (Fsp3) is 0.310. The number of amides is 1. The molecule has 1 fully saturated rings. The molecule has 4 rings (SSSR count). The number of pyridine rings is 1. The number of carbonyl (C=O) groups excluding carboxylic acids is 2. The predicted octanol–water partition coefficient (Wildman–Crippen LogP) is 4.50. The Bertz CT molecular complexity index is 1350. The Balaban J connectivity index is 1.55. The van der Waals surface area contributed by atoms with Gasteiger partial charge in [0.1, 0.15) is 5.03 Å². The van der Waals surface area contributed by atoms with Crippen LogP contribution in [0.3, 0.4) is 0 Å². The SMILES string of the molecule is CC(=O)O[C@@H](C)C(=O)Nc1cccc([C@H]2O[C@@H](CSc3ncccc3C(=O)O)C[C@@H](c3ccc(CO)cc3)O2)c1. The topological polar surface area (TPSA) is 144 Å². The number of benzene rings is 2. The van der Waals surface area contributed by atoms with Crippen molar-refractivity contribution >= 4 is 35.3 Å². The number of hydrogen-bond donors (Lipinski definition) is 3. The second-order valence-corrected chi connectivity index (χ2v) is 10.2. The summed E-state index contributed by atoms with van der Waals surface area (Å²) in [6, 6.07) is 17.6. The van der Waals surface area contributed by atoms with Crippen LogP contribution in [0.5, 0.6) is 0 Å². The first-order valence-electron chi connectivity index (χ1n) is 12.6. The highest BCUT2D eigenvalue weighted by Gasteiger charge is 2.33. The summed E-state index contributed by atoms with van der Waals surface area (Å²) in [6.07, 6.45) is -0.353. The number of ether oxygens (including phenoxy) is 3. The Morgan fingerprint density at radius 2 is 1.88 bits per heavy atom. The molecule has 1 saturated heterocycles. The first-order valence-corrected chi connectivity index (χ1v) is 13.6. The van der Waals surface area contributed by atoms with Crippen molar-refractivity contribution in [3.8, 4) is 0 Å². The van der Waals surface area contributed by atoms with E-state index in [2.05, 4.69) is 10.3 Å². The van der Waals surface area contributed by atoms with Crippen molar-refractivity contribution in [2.45, 2.75) is 56.5 Å². The van der Waals surface area contributed by atoms with Crippen LogP contribution in [0.4, 0.5) is 5.69 Å². The average molecular weight is 567 g/mol. The van der Waals surface area contributed by atoms with Crippen LogP contribution in [0, 0.1) is 0 Å². The van der Waals surface area contributed by atoms with Crippen LogP contribution in [0.1, 0.15) is 59.7 Å². The number of esters is 1. The summed E-state index contributed by atoms with van der Waals surface area (Å²) in [5.74, 6) is -1.65. The molecule has 1 amide bonds. The fourth-order valence-corrected chi connectivity index (χ4v) is 5.18. The second-order valence-electron chi connectivity index (χ2n) is 9.19. The molecule has 40 heavy (non-hydrogen) atoms. The van der Waals surface area contributed by atoms with Crippen LogP contribution in [0.15, 0.2) is 71.9 Å². The van der Waals surface area contributed by atoms with Crippen LogP contribution >= 0.6 is 11.8 Å². The highest BCUT2D eigenvalue weighted by atomic mass is 32.2. The molecule has 2 aromatic carbocycles. The summed E-state index contributed by atoms with van der Waals surface area (Å²) in [6.45, 7) is 2.66. The minimum absolute atomic E-state index is 0.0681. The Hall–Kier alpha value is -3.77. The van der Waals surface area contributed by atoms with Crippen LogP contribution < -0.4 is 5.32 Å². The molecular formula is C29H30N2O8S. The number of aliphatic hydroxyl groups is 1. The molecule has 1 aliphatic rings. The molecule has 0 radical (unpaired) electrons. The molecule has 3 aromatic rings. The lowest BCUT2D eigenvalue weighted by Gasteiger charge is -2.36. The molecule has 4 atom stereocenters. The van der Waals surface area contributed by atoms with Crippen molar-refractivity contribution in [3.63, 3.8) is 0 Å². The number of aliphatic hydroxyl groups excluding tert-OH is 1. The number of thioether (sulfide) groups is 1. The number of aromatic nitrogens is 1. The number of carboxylic acid groups (broad SMARTS) is 1. The lowest BCUT2D eigenvalue weighted by Crippen LogP contribution is -2.31. The summed E-state index contributed by atoms with van der Waals surface area (Å²) in [7, 11) is 0. The van der Waals surface area contributed by atoms with Crippen molar-refractivity contribution in [1.29, 1.82) is 0 Å². The lowest BCUT2D eigenvalue weighted by molar-refractivity contribution is -0.245. The Labute approximate surface area is 235 Å². The van der Waals surface area contributed by atoms with Gasteiger partial charge in [0, 0.05) is 36.5 Å². The number of nitrogens with zero attached hydrogens (tertiary/aromatic N) is 1. The minimum Gasteiger partial charge on any atom is -0.478 e. The number of carbonyl (C=O) groups is 3. The van der Waals surface area contributed by atoms with E-state index in [1.165, 1.54) is 31.7 Å². The Kier molecular flexibility index (Phi) is 9.88. The average Bonchev–Trinajstić information content (AvgIpc) is 2.96. The molecule has 10 nitrogen and oxygen atoms in total. The molecule has 0 bridgehead atoms. The van der Waals surface area contributed by atoms with Gasteiger partial charge in [-0.2, -0.15) is 0 Å². The van der Waals surface area contributed by atoms with Gasteiger partial charge in [0.05, 0.1) is 24.4 Å². The van der Waals surface area contributed by atoms with E-state index in [9.17, 15) is 24.6 Å². The largest absolute Gasteiger partial charge is 0.478 e. The van der Waals surface area contributed by atoms with Gasteiger partial charge in [-0.25, -0.2) is 9.78 Å². The van der Waals surface area contributed by atoms with Gasteiger partial charge in [-0.3, -0.25) is 9.59 Å². The van der Waals surface area contributed by atoms with Crippen molar-refractivity contribution in [2.75, 3.05) is 11.1 Å². The summed E-state index contributed by atoms with van der Waals surface area (Å²) in [5.41, 5.74) is 2.95. The zero-order valence-electron chi connectivity index (χ0n) is 22.0. The molecule has 210 valence electrons. The summed E-state index contributed by atoms with van der Waals surface area (Å²) in [4.78, 5) is 39.5. The minimum atomic E-state index is -1.05. The van der Waals surface area contributed by atoms with Crippen LogP contribution in [0.25, 0.3) is 0 Å². The Morgan fingerprint density at radius 3 is 2.58 bits per heavy atom. The molecule has 0 aliphatic carbocycles. The number of nitrogens with one attached hydrogen (secondary N) is 1. The maximum atomic E-state index is 12.5. The number of anilines is 1. The van der Waals surface area contributed by atoms with E-state index in [1.807, 2.05) is 30.3 Å². The third-order valence-electron chi connectivity index (χ3n) is 6.16. The number of rotatable bonds is 10. The van der Waals surface area contributed by atoms with Crippen molar-refractivity contribution in [2.24, 2.45) is 0 Å². The maximum Gasteiger partial charge on any atom is 0.338 e. The first-order chi connectivity index (χ1) is 19.2. The van der Waals surface area contributed by atoms with E-state index < -0.39 is 30.2 Å². The van der Waals surface area contributed by atoms with Crippen LogP contribution in [-0.2, 0) is 30.4 Å². The molecule has 1 aromatic heterocycles. The van der Waals surface area contributed by atoms with E-state index in [0.717, 1.165) is 11.1 Å². The molecule has 0 spiro atoms. The summed E-state index contributed by atoms with van der Waals surface area (Å²) < 4.78 is 17.6. The van der Waals surface area contributed by atoms with Crippen molar-refractivity contribution in [1.82, 2.24) is 4.98 Å². The van der Waals surface area contributed by atoms with Crippen LogP contribution in [0.2, 0.25) is 0 Å². The molecule has 11 heteroatoms. The standard InChI is InChI=1S/C29H30N2O8S/c1-17(37-18(2)33)26(34)31-22-6-3-5-21(13-22)29-38-23(16-40-27-24(28(35)36)7-4-12-30-27)14-25(39-29)20-10-8-19(15-32)9-11-20/h3-13,17,23,25,29,32H,14-16H2,1-2H3,(H,31,34)(H,35,36)/t17-,23+,25-,29-/m0/s1. The van der Waals surface area contributed by atoms with Crippen molar-refractivity contribution < 1.29 is 38.8 Å². The number of hydrogen-bond acceptors (Lipinski definition) is 9. The van der Waals surface area contributed by atoms with Gasteiger partial charge in [0.25, 0.3) is 5.91 Å². The zero-order chi connectivity index (χ0) is 28.6. The Morgan fingerprint density at radius 1 is 1.10 bits per heavy atom. The maximum absolute atomic E-state index is 12.5. The summed E-state index contributed by atoms with van der Waals surface area (Å²) >= 11 is 1.30. The highest BCUT2D eigenvalue weighted by molar-refractivity contribution is 7.99. The van der Waals surface area contributed by atoms with Gasteiger partial charge < -0.3 is 29.7 Å². The van der Waals surface area contributed by atoms with E-state index in [4.69, 9.17) is 14.2 Å². The molecule has 0 saturated carbocycles. The monoisotopic (exact) mass is 566 g/mol. The van der Waals surface area contributed by atoms with Crippen molar-refractivity contribution in [3.05, 3.63) is 89.1 Å². The van der Waals surface area contributed by atoms with Gasteiger partial charge >= 0.3 is 11.9 Å². The van der Waals surface area contributed by atoms with Crippen LogP contribution in [-0.4, -0.2) is 51.0 Å². The molecule has 2 heterocycles. The quantitative estimate of drug-likeness (QED) is 0.237. The molecule has 3 N–H and O–H groups in total. The first kappa shape index (κ1) is 29.2. The smallest absolute Gasteiger partial charge is 0.338 e. The predicted molar refractivity (Wildman–Crippen MR) is 147 cm³/mol. The number of carboxylic acids is 1. The van der Waals surface area contributed by atoms with Gasteiger partial charge in [-0.15, -0.1) is 11.8 Å². The van der Waals surface area contributed by atoms with Gasteiger partial charge in [-0.1, -0.05) is 36.4 Å². The third kappa shape index (κ3) is 7.66. The van der Waals surface area contributed by atoms with Gasteiger partial charge in [0.15, 0.2) is 12.4 Å². The molecule has 1 aliphatic heterocycles. The highest BCUT2D eigenvalue weighted by Crippen LogP contribution is 2.40. The summed E-state index contributed by atoms with van der Waals surface area (Å²) in [5, 5.41) is 22.1. The van der Waals surface area contributed by atoms with Gasteiger partial charge in [0.2, 0.25) is 0 Å². The normalized spacial score (nSPS) is 19.4. The van der Waals surface area contributed by atoms with E-state index in [0.29, 0.717) is 28.5 Å². The van der Waals surface area contributed by atoms with E-state index in [1.54, 1.807) is 30.5 Å². The third-order valence-corrected chi connectivity index (χ3v) is 7.30. The van der Waals surface area contributed by atoms with E-state index >= 15 is 0 Å². The number of aromatic carboxylic acids is 1. The van der Waals surface area contributed by atoms with Gasteiger partial charge in [-0.05, 0) is 42.3 Å².